The summed E-state index contributed by atoms with van der Waals surface area (Å²) in [5.41, 5.74) is 1.37. The summed E-state index contributed by atoms with van der Waals surface area (Å²) in [5.74, 6) is -0.297. The van der Waals surface area contributed by atoms with Gasteiger partial charge in [0.2, 0.25) is 10.0 Å². The summed E-state index contributed by atoms with van der Waals surface area (Å²) >= 11 is 0. The molecule has 0 spiro atoms. The molecule has 0 saturated carbocycles. The van der Waals surface area contributed by atoms with E-state index >= 15 is 0 Å². The van der Waals surface area contributed by atoms with Gasteiger partial charge in [-0.2, -0.15) is 4.31 Å². The van der Waals surface area contributed by atoms with Crippen molar-refractivity contribution in [1.29, 1.82) is 0 Å². The summed E-state index contributed by atoms with van der Waals surface area (Å²) in [7, 11) is -5.96. The number of para-hydroxylation sites is 1. The van der Waals surface area contributed by atoms with E-state index in [9.17, 15) is 21.6 Å². The highest BCUT2D eigenvalue weighted by molar-refractivity contribution is 7.92. The van der Waals surface area contributed by atoms with Crippen molar-refractivity contribution in [3.8, 4) is 0 Å². The predicted octanol–water partition coefficient (Wildman–Crippen LogP) is 2.83. The maximum atomic E-state index is 12.9. The molecule has 0 bridgehead atoms. The van der Waals surface area contributed by atoms with Crippen LogP contribution in [-0.4, -0.2) is 66.8 Å². The van der Waals surface area contributed by atoms with Gasteiger partial charge in [-0.15, -0.1) is 0 Å². The Hall–Kier alpha value is -3.25. The Labute approximate surface area is 211 Å². The van der Waals surface area contributed by atoms with E-state index in [1.165, 1.54) is 39.9 Å². The first-order valence-electron chi connectivity index (χ1n) is 11.3. The molecule has 11 heteroatoms. The number of hydrogen-bond donors (Lipinski definition) is 1. The first-order valence-corrected chi connectivity index (χ1v) is 14.2. The van der Waals surface area contributed by atoms with Gasteiger partial charge in [0.25, 0.3) is 10.0 Å². The second-order valence-electron chi connectivity index (χ2n) is 8.15. The van der Waals surface area contributed by atoms with Crippen molar-refractivity contribution in [1.82, 2.24) is 4.31 Å². The van der Waals surface area contributed by atoms with Gasteiger partial charge in [0, 0.05) is 31.4 Å². The number of ketones is 1. The lowest BCUT2D eigenvalue weighted by atomic mass is 10.1. The molecule has 1 fully saturated rings. The maximum Gasteiger partial charge on any atom is 0.264 e. The Balaban J connectivity index is 1.41. The zero-order chi connectivity index (χ0) is 25.8. The molecule has 0 unspecified atom stereocenters. The summed E-state index contributed by atoms with van der Waals surface area (Å²) in [4.78, 5) is 12.9. The van der Waals surface area contributed by atoms with Crippen LogP contribution in [0.3, 0.4) is 0 Å². The van der Waals surface area contributed by atoms with E-state index in [4.69, 9.17) is 4.74 Å². The van der Waals surface area contributed by atoms with E-state index < -0.39 is 20.0 Å². The fraction of sp³-hybridized carbons (Fsp3) is 0.240. The summed E-state index contributed by atoms with van der Waals surface area (Å²) in [6.07, 6.45) is 0. The molecule has 0 atom stereocenters. The average molecular weight is 530 g/mol. The van der Waals surface area contributed by atoms with Crippen molar-refractivity contribution < 1.29 is 26.4 Å². The van der Waals surface area contributed by atoms with Crippen LogP contribution in [0.15, 0.2) is 88.7 Å². The minimum atomic E-state index is -3.74. The number of benzene rings is 3. The molecule has 1 saturated heterocycles. The van der Waals surface area contributed by atoms with Crippen molar-refractivity contribution in [2.75, 3.05) is 49.5 Å². The molecule has 9 nitrogen and oxygen atoms in total. The average Bonchev–Trinajstić information content (AvgIpc) is 2.92. The Morgan fingerprint density at radius 1 is 0.889 bits per heavy atom. The number of sulfonamides is 2. The Morgan fingerprint density at radius 2 is 1.56 bits per heavy atom. The number of morpholine rings is 1. The fourth-order valence-corrected chi connectivity index (χ4v) is 6.38. The number of nitrogens with one attached hydrogen (secondary N) is 1. The second kappa shape index (κ2) is 10.8. The predicted molar refractivity (Wildman–Crippen MR) is 137 cm³/mol. The molecule has 190 valence electrons. The first kappa shape index (κ1) is 25.8. The highest BCUT2D eigenvalue weighted by Crippen LogP contribution is 2.23. The Bertz CT molecular complexity index is 1420. The molecule has 0 aliphatic carbocycles. The molecule has 0 aromatic heterocycles. The van der Waals surface area contributed by atoms with Crippen LogP contribution in [0.2, 0.25) is 0 Å². The Kier molecular flexibility index (Phi) is 7.74. The van der Waals surface area contributed by atoms with Crippen LogP contribution in [0.1, 0.15) is 10.4 Å². The third-order valence-electron chi connectivity index (χ3n) is 5.85. The van der Waals surface area contributed by atoms with Gasteiger partial charge in [0.1, 0.15) is 0 Å². The van der Waals surface area contributed by atoms with E-state index in [-0.39, 0.29) is 40.8 Å². The van der Waals surface area contributed by atoms with Crippen molar-refractivity contribution in [3.63, 3.8) is 0 Å². The van der Waals surface area contributed by atoms with E-state index in [1.54, 1.807) is 48.5 Å². The summed E-state index contributed by atoms with van der Waals surface area (Å²) in [6.45, 7) is 1.13. The first-order chi connectivity index (χ1) is 17.2. The molecule has 4 rings (SSSR count). The van der Waals surface area contributed by atoms with Crippen LogP contribution in [0, 0.1) is 0 Å². The minimum Gasteiger partial charge on any atom is -0.379 e. The summed E-state index contributed by atoms with van der Waals surface area (Å²) < 4.78 is 59.4. The van der Waals surface area contributed by atoms with E-state index in [2.05, 4.69) is 5.32 Å². The number of hydrogen-bond acceptors (Lipinski definition) is 7. The third-order valence-corrected chi connectivity index (χ3v) is 9.54. The molecular weight excluding hydrogens is 502 g/mol. The van der Waals surface area contributed by atoms with Gasteiger partial charge in [-0.1, -0.05) is 30.3 Å². The topological polar surface area (TPSA) is 113 Å². The number of anilines is 2. The monoisotopic (exact) mass is 529 g/mol. The van der Waals surface area contributed by atoms with Crippen molar-refractivity contribution in [2.45, 2.75) is 9.79 Å². The molecule has 1 N–H and O–H groups in total. The molecule has 36 heavy (non-hydrogen) atoms. The molecule has 1 aliphatic rings. The van der Waals surface area contributed by atoms with Gasteiger partial charge < -0.3 is 10.1 Å². The maximum absolute atomic E-state index is 12.9. The zero-order valence-corrected chi connectivity index (χ0v) is 21.3. The molecule has 3 aromatic rings. The fourth-order valence-electron chi connectivity index (χ4n) is 3.73. The highest BCUT2D eigenvalue weighted by Gasteiger charge is 2.27. The van der Waals surface area contributed by atoms with Gasteiger partial charge in [-0.3, -0.25) is 9.10 Å². The normalized spacial score (nSPS) is 14.8. The number of ether oxygens (including phenoxy) is 1. The summed E-state index contributed by atoms with van der Waals surface area (Å²) in [5, 5.41) is 2.97. The number of nitrogens with zero attached hydrogens (tertiary/aromatic N) is 2. The zero-order valence-electron chi connectivity index (χ0n) is 19.7. The van der Waals surface area contributed by atoms with E-state index in [0.29, 0.717) is 24.6 Å². The largest absolute Gasteiger partial charge is 0.379 e. The van der Waals surface area contributed by atoms with Crippen molar-refractivity contribution in [2.24, 2.45) is 0 Å². The molecule has 3 aromatic carbocycles. The van der Waals surface area contributed by atoms with Crippen molar-refractivity contribution in [3.05, 3.63) is 84.4 Å². The van der Waals surface area contributed by atoms with Gasteiger partial charge in [0.15, 0.2) is 5.78 Å². The number of rotatable bonds is 9. The third kappa shape index (κ3) is 5.59. The highest BCUT2D eigenvalue weighted by atomic mass is 32.2. The lowest BCUT2D eigenvalue weighted by Crippen LogP contribution is -2.40. The lowest BCUT2D eigenvalue weighted by molar-refractivity contribution is 0.0730. The van der Waals surface area contributed by atoms with Crippen LogP contribution >= 0.6 is 0 Å². The molecular formula is C25H27N3O6S2. The van der Waals surface area contributed by atoms with Crippen LogP contribution in [0.4, 0.5) is 11.4 Å². The quantitative estimate of drug-likeness (QED) is 0.424. The van der Waals surface area contributed by atoms with Gasteiger partial charge in [-0.05, 0) is 48.5 Å². The van der Waals surface area contributed by atoms with Gasteiger partial charge in [0.05, 0.1) is 35.2 Å². The van der Waals surface area contributed by atoms with E-state index in [0.717, 1.165) is 0 Å². The molecule has 0 radical (unpaired) electrons. The van der Waals surface area contributed by atoms with Crippen LogP contribution in [0.25, 0.3) is 0 Å². The molecule has 1 heterocycles. The van der Waals surface area contributed by atoms with Gasteiger partial charge >= 0.3 is 0 Å². The lowest BCUT2D eigenvalue weighted by Gasteiger charge is -2.26. The van der Waals surface area contributed by atoms with Crippen LogP contribution < -0.4 is 9.62 Å². The molecule has 1 aliphatic heterocycles. The standard InChI is InChI=1S/C25H27N3O6S2/c1-27(22-7-3-2-4-8-22)35(30,31)23-12-10-21(11-13-23)26-19-25(29)20-6-5-9-24(18-20)36(32,33)28-14-16-34-17-15-28/h2-13,18,26H,14-17,19H2,1H3. The van der Waals surface area contributed by atoms with E-state index in [1.807, 2.05) is 6.07 Å². The second-order valence-corrected chi connectivity index (χ2v) is 12.1. The minimum absolute atomic E-state index is 0.0624. The molecule has 0 amide bonds. The smallest absolute Gasteiger partial charge is 0.264 e. The number of carbonyl (C=O) groups is 1. The number of carbonyl (C=O) groups excluding carboxylic acids is 1. The van der Waals surface area contributed by atoms with Crippen LogP contribution in [-0.2, 0) is 24.8 Å². The number of Topliss-reactive ketones (excluding diaryl/α,β-unsaturated/α-hetero) is 1. The summed E-state index contributed by atoms with van der Waals surface area (Å²) in [6, 6.07) is 20.8. The van der Waals surface area contributed by atoms with Crippen molar-refractivity contribution >= 4 is 37.2 Å². The van der Waals surface area contributed by atoms with Gasteiger partial charge in [-0.25, -0.2) is 16.8 Å². The Morgan fingerprint density at radius 3 is 2.22 bits per heavy atom. The van der Waals surface area contributed by atoms with Crippen LogP contribution in [0.5, 0.6) is 0 Å². The SMILES string of the molecule is CN(c1ccccc1)S(=O)(=O)c1ccc(NCC(=O)c2cccc(S(=O)(=O)N3CCOCC3)c2)cc1.